The van der Waals surface area contributed by atoms with E-state index in [1.165, 1.54) is 12.5 Å². The standard InChI is InChI=1S/C20H24N2O2/c1-15-5-3-4-6-19(15)20(24)11-12-22(14-20)13-17-7-9-18(10-8-17)21-16(2)23/h3-10,24H,11-14H2,1-2H3,(H,21,23)/t20-/m1/s1. The Bertz CT molecular complexity index is 727. The summed E-state index contributed by atoms with van der Waals surface area (Å²) >= 11 is 0. The first-order valence-electron chi connectivity index (χ1n) is 8.34. The van der Waals surface area contributed by atoms with E-state index < -0.39 is 5.60 Å². The van der Waals surface area contributed by atoms with Crippen molar-refractivity contribution in [3.05, 3.63) is 65.2 Å². The molecule has 0 saturated carbocycles. The van der Waals surface area contributed by atoms with Crippen LogP contribution in [-0.2, 0) is 16.9 Å². The van der Waals surface area contributed by atoms with Gasteiger partial charge in [0.1, 0.15) is 5.60 Å². The van der Waals surface area contributed by atoms with Crippen molar-refractivity contribution in [1.82, 2.24) is 4.90 Å². The Morgan fingerprint density at radius 3 is 2.58 bits per heavy atom. The van der Waals surface area contributed by atoms with Gasteiger partial charge >= 0.3 is 0 Å². The van der Waals surface area contributed by atoms with Gasteiger partial charge in [-0.15, -0.1) is 0 Å². The molecule has 2 N–H and O–H groups in total. The molecule has 4 nitrogen and oxygen atoms in total. The molecule has 1 fully saturated rings. The van der Waals surface area contributed by atoms with Gasteiger partial charge in [-0.1, -0.05) is 36.4 Å². The highest BCUT2D eigenvalue weighted by atomic mass is 16.3. The third-order valence-corrected chi connectivity index (χ3v) is 4.65. The van der Waals surface area contributed by atoms with Gasteiger partial charge in [0.05, 0.1) is 0 Å². The van der Waals surface area contributed by atoms with Crippen LogP contribution in [0.2, 0.25) is 0 Å². The molecule has 0 aromatic heterocycles. The maximum absolute atomic E-state index is 11.1. The predicted molar refractivity (Wildman–Crippen MR) is 95.7 cm³/mol. The maximum Gasteiger partial charge on any atom is 0.221 e. The van der Waals surface area contributed by atoms with E-state index in [1.54, 1.807) is 0 Å². The summed E-state index contributed by atoms with van der Waals surface area (Å²) in [5, 5.41) is 13.8. The summed E-state index contributed by atoms with van der Waals surface area (Å²) in [6.45, 7) is 5.87. The van der Waals surface area contributed by atoms with Gasteiger partial charge in [-0.05, 0) is 42.2 Å². The number of hydrogen-bond donors (Lipinski definition) is 2. The molecule has 4 heteroatoms. The zero-order valence-corrected chi connectivity index (χ0v) is 14.2. The fourth-order valence-corrected chi connectivity index (χ4v) is 3.48. The average molecular weight is 324 g/mol. The lowest BCUT2D eigenvalue weighted by atomic mass is 9.89. The van der Waals surface area contributed by atoms with Crippen molar-refractivity contribution in [2.45, 2.75) is 32.4 Å². The van der Waals surface area contributed by atoms with Gasteiger partial charge in [-0.3, -0.25) is 9.69 Å². The van der Waals surface area contributed by atoms with E-state index in [4.69, 9.17) is 0 Å². The maximum atomic E-state index is 11.1. The second-order valence-electron chi connectivity index (χ2n) is 6.69. The van der Waals surface area contributed by atoms with Gasteiger partial charge in [0.15, 0.2) is 0 Å². The van der Waals surface area contributed by atoms with E-state index in [0.717, 1.165) is 36.3 Å². The summed E-state index contributed by atoms with van der Waals surface area (Å²) in [4.78, 5) is 13.3. The number of likely N-dealkylation sites (tertiary alicyclic amines) is 1. The molecule has 1 aliphatic heterocycles. The van der Waals surface area contributed by atoms with Gasteiger partial charge in [-0.25, -0.2) is 0 Å². The minimum absolute atomic E-state index is 0.0643. The Balaban J connectivity index is 1.66. The number of carbonyl (C=O) groups is 1. The second kappa shape index (κ2) is 6.75. The number of rotatable bonds is 4. The molecule has 1 heterocycles. The van der Waals surface area contributed by atoms with Crippen LogP contribution in [0.1, 0.15) is 30.0 Å². The lowest BCUT2D eigenvalue weighted by molar-refractivity contribution is -0.114. The van der Waals surface area contributed by atoms with Crippen LogP contribution in [0.25, 0.3) is 0 Å². The molecule has 3 rings (SSSR count). The molecular weight excluding hydrogens is 300 g/mol. The highest BCUT2D eigenvalue weighted by Crippen LogP contribution is 2.34. The van der Waals surface area contributed by atoms with E-state index >= 15 is 0 Å². The highest BCUT2D eigenvalue weighted by Gasteiger charge is 2.38. The van der Waals surface area contributed by atoms with Gasteiger partial charge in [0, 0.05) is 32.2 Å². The van der Waals surface area contributed by atoms with E-state index in [2.05, 4.69) is 23.2 Å². The first-order valence-corrected chi connectivity index (χ1v) is 8.34. The number of anilines is 1. The Kier molecular flexibility index (Phi) is 4.69. The number of aliphatic hydroxyl groups is 1. The molecular formula is C20H24N2O2. The largest absolute Gasteiger partial charge is 0.384 e. The van der Waals surface area contributed by atoms with Crippen molar-refractivity contribution in [3.63, 3.8) is 0 Å². The van der Waals surface area contributed by atoms with Crippen molar-refractivity contribution >= 4 is 11.6 Å². The number of nitrogens with zero attached hydrogens (tertiary/aromatic N) is 1. The molecule has 0 aliphatic carbocycles. The van der Waals surface area contributed by atoms with E-state index in [1.807, 2.05) is 42.5 Å². The van der Waals surface area contributed by atoms with Gasteiger partial charge in [0.25, 0.3) is 0 Å². The number of nitrogens with one attached hydrogen (secondary N) is 1. The molecule has 1 saturated heterocycles. The lowest BCUT2D eigenvalue weighted by Crippen LogP contribution is -2.31. The number of benzene rings is 2. The normalized spacial score (nSPS) is 21.0. The van der Waals surface area contributed by atoms with Crippen molar-refractivity contribution in [1.29, 1.82) is 0 Å². The molecule has 1 amide bonds. The molecule has 1 atom stereocenters. The monoisotopic (exact) mass is 324 g/mol. The molecule has 24 heavy (non-hydrogen) atoms. The zero-order chi connectivity index (χ0) is 17.2. The number of hydrogen-bond acceptors (Lipinski definition) is 3. The Morgan fingerprint density at radius 2 is 1.92 bits per heavy atom. The van der Waals surface area contributed by atoms with Crippen LogP contribution >= 0.6 is 0 Å². The summed E-state index contributed by atoms with van der Waals surface area (Å²) in [5.41, 5.74) is 3.40. The highest BCUT2D eigenvalue weighted by molar-refractivity contribution is 5.88. The van der Waals surface area contributed by atoms with Crippen LogP contribution in [-0.4, -0.2) is 29.0 Å². The SMILES string of the molecule is CC(=O)Nc1ccc(CN2CC[C@](O)(c3ccccc3C)C2)cc1. The molecule has 1 aliphatic rings. The minimum atomic E-state index is -0.762. The fourth-order valence-electron chi connectivity index (χ4n) is 3.48. The Hall–Kier alpha value is -2.17. The first kappa shape index (κ1) is 16.7. The van der Waals surface area contributed by atoms with Crippen LogP contribution in [0, 0.1) is 6.92 Å². The number of amides is 1. The summed E-state index contributed by atoms with van der Waals surface area (Å²) in [5.74, 6) is -0.0643. The van der Waals surface area contributed by atoms with Crippen LogP contribution in [0.5, 0.6) is 0 Å². The third-order valence-electron chi connectivity index (χ3n) is 4.65. The minimum Gasteiger partial charge on any atom is -0.384 e. The lowest BCUT2D eigenvalue weighted by Gasteiger charge is -2.25. The summed E-state index contributed by atoms with van der Waals surface area (Å²) in [6.07, 6.45) is 0.752. The number of carbonyl (C=O) groups excluding carboxylic acids is 1. The Morgan fingerprint density at radius 1 is 1.21 bits per heavy atom. The van der Waals surface area contributed by atoms with Crippen LogP contribution in [0.15, 0.2) is 48.5 Å². The average Bonchev–Trinajstić information content (AvgIpc) is 2.91. The second-order valence-corrected chi connectivity index (χ2v) is 6.69. The molecule has 0 radical (unpaired) electrons. The van der Waals surface area contributed by atoms with Gasteiger partial charge in [-0.2, -0.15) is 0 Å². The molecule has 2 aromatic carbocycles. The number of β-amino-alcohol motifs (C(OH)–C–C–N with tert-alkyl or cyclic N) is 1. The van der Waals surface area contributed by atoms with E-state index in [-0.39, 0.29) is 5.91 Å². The Labute approximate surface area is 143 Å². The molecule has 0 unspecified atom stereocenters. The predicted octanol–water partition coefficient (Wildman–Crippen LogP) is 3.05. The smallest absolute Gasteiger partial charge is 0.221 e. The molecule has 2 aromatic rings. The third kappa shape index (κ3) is 3.66. The van der Waals surface area contributed by atoms with Crippen LogP contribution in [0.4, 0.5) is 5.69 Å². The summed E-state index contributed by atoms with van der Waals surface area (Å²) < 4.78 is 0. The summed E-state index contributed by atoms with van der Waals surface area (Å²) in [7, 11) is 0. The van der Waals surface area contributed by atoms with Crippen molar-refractivity contribution in [3.8, 4) is 0 Å². The first-order chi connectivity index (χ1) is 11.5. The fraction of sp³-hybridized carbons (Fsp3) is 0.350. The molecule has 126 valence electrons. The van der Waals surface area contributed by atoms with Gasteiger partial charge in [0.2, 0.25) is 5.91 Å². The van der Waals surface area contributed by atoms with Crippen molar-refractivity contribution < 1.29 is 9.90 Å². The topological polar surface area (TPSA) is 52.6 Å². The van der Waals surface area contributed by atoms with Gasteiger partial charge < -0.3 is 10.4 Å². The molecule has 0 bridgehead atoms. The van der Waals surface area contributed by atoms with Crippen molar-refractivity contribution in [2.75, 3.05) is 18.4 Å². The number of aryl methyl sites for hydroxylation is 1. The van der Waals surface area contributed by atoms with Crippen LogP contribution < -0.4 is 5.32 Å². The molecule has 0 spiro atoms. The van der Waals surface area contributed by atoms with E-state index in [9.17, 15) is 9.90 Å². The zero-order valence-electron chi connectivity index (χ0n) is 14.2. The quantitative estimate of drug-likeness (QED) is 0.909. The van der Waals surface area contributed by atoms with Crippen LogP contribution in [0.3, 0.4) is 0 Å². The summed E-state index contributed by atoms with van der Waals surface area (Å²) in [6, 6.07) is 16.0. The van der Waals surface area contributed by atoms with E-state index in [0.29, 0.717) is 6.54 Å². The van der Waals surface area contributed by atoms with Crippen molar-refractivity contribution in [2.24, 2.45) is 0 Å².